The number of amides is 1. The van der Waals surface area contributed by atoms with E-state index in [9.17, 15) is 33.0 Å². The molecule has 0 unspecified atom stereocenters. The normalized spacial score (nSPS) is 19.9. The minimum absolute atomic E-state index is 0.0197. The standard InChI is InChI=1S/C20H15F3N2O4/c21-20(22,23)14-4-2-1-3-12(14)15-7-10-5-6-11(8-13(10)18(28)24-15)25-9-16(26)17(27)19(25)29/h1-8,16-17,26-27H,9H2,(H,24,28)/t16-,17-/m1/s1. The number of fused-ring (bicyclic) bond motifs is 1. The number of halogens is 3. The molecular formula is C20H15F3N2O4. The predicted molar refractivity (Wildman–Crippen MR) is 99.4 cm³/mol. The van der Waals surface area contributed by atoms with Gasteiger partial charge in [0.2, 0.25) is 0 Å². The van der Waals surface area contributed by atoms with E-state index in [2.05, 4.69) is 4.98 Å². The third-order valence-corrected chi connectivity index (χ3v) is 4.92. The van der Waals surface area contributed by atoms with Gasteiger partial charge < -0.3 is 20.1 Å². The van der Waals surface area contributed by atoms with Gasteiger partial charge in [-0.3, -0.25) is 9.59 Å². The zero-order valence-corrected chi connectivity index (χ0v) is 14.8. The molecule has 3 aromatic rings. The summed E-state index contributed by atoms with van der Waals surface area (Å²) >= 11 is 0. The first-order valence-electron chi connectivity index (χ1n) is 8.68. The van der Waals surface area contributed by atoms with E-state index in [1.54, 1.807) is 0 Å². The number of aliphatic hydroxyl groups excluding tert-OH is 2. The number of aromatic nitrogens is 1. The van der Waals surface area contributed by atoms with Crippen LogP contribution >= 0.6 is 0 Å². The molecule has 0 saturated carbocycles. The molecule has 3 N–H and O–H groups in total. The van der Waals surface area contributed by atoms with Crippen LogP contribution in [0.4, 0.5) is 18.9 Å². The van der Waals surface area contributed by atoms with Gasteiger partial charge in [0.15, 0.2) is 6.10 Å². The number of rotatable bonds is 2. The van der Waals surface area contributed by atoms with Crippen molar-refractivity contribution in [3.8, 4) is 11.3 Å². The van der Waals surface area contributed by atoms with Gasteiger partial charge in [-0.1, -0.05) is 24.3 Å². The van der Waals surface area contributed by atoms with Crippen molar-refractivity contribution < 1.29 is 28.2 Å². The van der Waals surface area contributed by atoms with Crippen LogP contribution in [0, 0.1) is 0 Å². The Morgan fingerprint density at radius 1 is 1.03 bits per heavy atom. The molecule has 0 radical (unpaired) electrons. The second-order valence-electron chi connectivity index (χ2n) is 6.79. The number of pyridine rings is 1. The molecule has 9 heteroatoms. The minimum Gasteiger partial charge on any atom is -0.388 e. The van der Waals surface area contributed by atoms with E-state index < -0.39 is 35.4 Å². The van der Waals surface area contributed by atoms with Crippen LogP contribution in [0.3, 0.4) is 0 Å². The first kappa shape index (κ1) is 19.2. The zero-order chi connectivity index (χ0) is 20.9. The van der Waals surface area contributed by atoms with Gasteiger partial charge >= 0.3 is 6.18 Å². The average Bonchev–Trinajstić information content (AvgIpc) is 2.94. The van der Waals surface area contributed by atoms with E-state index >= 15 is 0 Å². The van der Waals surface area contributed by atoms with E-state index in [0.29, 0.717) is 11.1 Å². The van der Waals surface area contributed by atoms with Gasteiger partial charge in [0.05, 0.1) is 12.1 Å². The lowest BCUT2D eigenvalue weighted by atomic mass is 10.0. The second kappa shape index (κ2) is 6.71. The average molecular weight is 404 g/mol. The molecule has 0 bridgehead atoms. The number of nitrogens with zero attached hydrogens (tertiary/aromatic N) is 1. The number of carbonyl (C=O) groups excluding carboxylic acids is 1. The maximum absolute atomic E-state index is 13.3. The molecule has 29 heavy (non-hydrogen) atoms. The summed E-state index contributed by atoms with van der Waals surface area (Å²) in [5, 5.41) is 19.8. The van der Waals surface area contributed by atoms with E-state index in [-0.39, 0.29) is 23.2 Å². The third-order valence-electron chi connectivity index (χ3n) is 4.92. The molecule has 4 rings (SSSR count). The van der Waals surface area contributed by atoms with E-state index in [0.717, 1.165) is 11.0 Å². The number of aromatic amines is 1. The quantitative estimate of drug-likeness (QED) is 0.611. The summed E-state index contributed by atoms with van der Waals surface area (Å²) < 4.78 is 39.9. The van der Waals surface area contributed by atoms with Gasteiger partial charge in [-0.15, -0.1) is 0 Å². The number of β-amino-alcohol motifs (C(OH)–C–C–N with tert-alkyl or cyclic N) is 1. The van der Waals surface area contributed by atoms with Crippen LogP contribution in [-0.4, -0.2) is 39.9 Å². The fraction of sp³-hybridized carbons (Fsp3) is 0.200. The van der Waals surface area contributed by atoms with Crippen molar-refractivity contribution in [2.45, 2.75) is 18.4 Å². The Morgan fingerprint density at radius 3 is 2.41 bits per heavy atom. The Kier molecular flexibility index (Phi) is 4.44. The maximum Gasteiger partial charge on any atom is 0.417 e. The first-order chi connectivity index (χ1) is 13.7. The lowest BCUT2D eigenvalue weighted by Gasteiger charge is -2.17. The molecule has 2 atom stereocenters. The number of hydrogen-bond acceptors (Lipinski definition) is 4. The zero-order valence-electron chi connectivity index (χ0n) is 14.8. The molecule has 1 saturated heterocycles. The van der Waals surface area contributed by atoms with Gasteiger partial charge in [-0.2, -0.15) is 13.2 Å². The molecule has 2 heterocycles. The highest BCUT2D eigenvalue weighted by Crippen LogP contribution is 2.36. The Balaban J connectivity index is 1.81. The molecule has 150 valence electrons. The number of benzene rings is 2. The summed E-state index contributed by atoms with van der Waals surface area (Å²) in [4.78, 5) is 28.2. The monoisotopic (exact) mass is 404 g/mol. The largest absolute Gasteiger partial charge is 0.417 e. The molecule has 1 aromatic heterocycles. The Hall–Kier alpha value is -3.17. The molecule has 0 aliphatic carbocycles. The summed E-state index contributed by atoms with van der Waals surface area (Å²) in [5.74, 6) is -0.691. The summed E-state index contributed by atoms with van der Waals surface area (Å²) in [6.45, 7) is -0.125. The predicted octanol–water partition coefficient (Wildman–Crippen LogP) is 2.28. The number of aliphatic hydroxyl groups is 2. The van der Waals surface area contributed by atoms with Crippen molar-refractivity contribution in [1.82, 2.24) is 4.98 Å². The van der Waals surface area contributed by atoms with E-state index in [1.165, 1.54) is 42.5 Å². The molecule has 1 fully saturated rings. The number of alkyl halides is 3. The Morgan fingerprint density at radius 2 is 1.76 bits per heavy atom. The first-order valence-corrected chi connectivity index (χ1v) is 8.68. The summed E-state index contributed by atoms with van der Waals surface area (Å²) in [5.41, 5.74) is -1.32. The highest BCUT2D eigenvalue weighted by Gasteiger charge is 2.39. The number of H-pyrrole nitrogens is 1. The summed E-state index contributed by atoms with van der Waals surface area (Å²) in [6.07, 6.45) is -7.35. The van der Waals surface area contributed by atoms with Crippen LogP contribution in [0.2, 0.25) is 0 Å². The SMILES string of the molecule is O=C1[C@H](O)[C@H](O)CN1c1ccc2cc(-c3ccccc3C(F)(F)F)[nH]c(=O)c2c1. The fourth-order valence-electron chi connectivity index (χ4n) is 3.46. The van der Waals surface area contributed by atoms with Gasteiger partial charge in [-0.25, -0.2) is 0 Å². The van der Waals surface area contributed by atoms with Gasteiger partial charge in [0, 0.05) is 22.3 Å². The minimum atomic E-state index is -4.58. The third kappa shape index (κ3) is 3.28. The van der Waals surface area contributed by atoms with Crippen molar-refractivity contribution in [3.63, 3.8) is 0 Å². The smallest absolute Gasteiger partial charge is 0.388 e. The van der Waals surface area contributed by atoms with Gasteiger partial charge in [0.1, 0.15) is 6.10 Å². The maximum atomic E-state index is 13.3. The fourth-order valence-corrected chi connectivity index (χ4v) is 3.46. The lowest BCUT2D eigenvalue weighted by Crippen LogP contribution is -2.29. The molecule has 0 spiro atoms. The highest BCUT2D eigenvalue weighted by molar-refractivity contribution is 6.01. The van der Waals surface area contributed by atoms with E-state index in [1.807, 2.05) is 0 Å². The molecule has 1 aliphatic rings. The molecule has 6 nitrogen and oxygen atoms in total. The number of carbonyl (C=O) groups is 1. The Bertz CT molecular complexity index is 1170. The molecule has 1 aliphatic heterocycles. The van der Waals surface area contributed by atoms with Crippen molar-refractivity contribution in [3.05, 3.63) is 64.4 Å². The summed E-state index contributed by atoms with van der Waals surface area (Å²) in [6, 6.07) is 10.8. The van der Waals surface area contributed by atoms with Crippen molar-refractivity contribution in [1.29, 1.82) is 0 Å². The van der Waals surface area contributed by atoms with Crippen molar-refractivity contribution >= 4 is 22.4 Å². The lowest BCUT2D eigenvalue weighted by molar-refractivity contribution is -0.137. The van der Waals surface area contributed by atoms with Crippen LogP contribution in [0.25, 0.3) is 22.0 Å². The number of anilines is 1. The van der Waals surface area contributed by atoms with Crippen LogP contribution in [-0.2, 0) is 11.0 Å². The van der Waals surface area contributed by atoms with Crippen LogP contribution in [0.5, 0.6) is 0 Å². The Labute approximate surface area is 161 Å². The number of nitrogens with one attached hydrogen (secondary N) is 1. The van der Waals surface area contributed by atoms with Crippen molar-refractivity contribution in [2.24, 2.45) is 0 Å². The van der Waals surface area contributed by atoms with E-state index in [4.69, 9.17) is 0 Å². The van der Waals surface area contributed by atoms with Crippen LogP contribution in [0.15, 0.2) is 53.3 Å². The van der Waals surface area contributed by atoms with Crippen LogP contribution < -0.4 is 10.5 Å². The molecule has 2 aromatic carbocycles. The highest BCUT2D eigenvalue weighted by atomic mass is 19.4. The molecular weight excluding hydrogens is 389 g/mol. The number of hydrogen-bond donors (Lipinski definition) is 3. The topological polar surface area (TPSA) is 93.6 Å². The summed E-state index contributed by atoms with van der Waals surface area (Å²) in [7, 11) is 0. The molecule has 1 amide bonds. The van der Waals surface area contributed by atoms with Crippen LogP contribution in [0.1, 0.15) is 5.56 Å². The van der Waals surface area contributed by atoms with Gasteiger partial charge in [-0.05, 0) is 29.7 Å². The van der Waals surface area contributed by atoms with Crippen molar-refractivity contribution in [2.75, 3.05) is 11.4 Å². The second-order valence-corrected chi connectivity index (χ2v) is 6.79. The van der Waals surface area contributed by atoms with Gasteiger partial charge in [0.25, 0.3) is 11.5 Å².